The molecule has 34 heavy (non-hydrogen) atoms. The van der Waals surface area contributed by atoms with E-state index in [1.165, 1.54) is 11.1 Å². The lowest BCUT2D eigenvalue weighted by atomic mass is 9.99. The maximum atomic E-state index is 13.5. The summed E-state index contributed by atoms with van der Waals surface area (Å²) in [6.45, 7) is 7.83. The van der Waals surface area contributed by atoms with Gasteiger partial charge in [0.25, 0.3) is 11.8 Å². The molecule has 0 aliphatic carbocycles. The SMILES string of the molecule is CCCNC1CCCN(C(=O)c2ccc(NC(=O)c3ccccc3C)cc2)c2ccc(C)cc21. The Kier molecular flexibility index (Phi) is 7.43. The van der Waals surface area contributed by atoms with Gasteiger partial charge in [-0.15, -0.1) is 0 Å². The summed E-state index contributed by atoms with van der Waals surface area (Å²) >= 11 is 0. The van der Waals surface area contributed by atoms with Crippen molar-refractivity contribution in [3.05, 3.63) is 94.5 Å². The second-order valence-corrected chi connectivity index (χ2v) is 9.01. The fourth-order valence-electron chi connectivity index (χ4n) is 4.55. The Morgan fingerprint density at radius 1 is 1.00 bits per heavy atom. The summed E-state index contributed by atoms with van der Waals surface area (Å²) in [5, 5.41) is 6.59. The van der Waals surface area contributed by atoms with Crippen molar-refractivity contribution < 1.29 is 9.59 Å². The van der Waals surface area contributed by atoms with Crippen LogP contribution in [0.25, 0.3) is 0 Å². The molecule has 0 saturated heterocycles. The Labute approximate surface area is 202 Å². The predicted octanol–water partition coefficient (Wildman–Crippen LogP) is 6.04. The molecule has 5 nitrogen and oxygen atoms in total. The highest BCUT2D eigenvalue weighted by molar-refractivity contribution is 6.08. The van der Waals surface area contributed by atoms with Crippen molar-refractivity contribution in [2.75, 3.05) is 23.3 Å². The van der Waals surface area contributed by atoms with Crippen molar-refractivity contribution in [2.24, 2.45) is 0 Å². The fraction of sp³-hybridized carbons (Fsp3) is 0.310. The van der Waals surface area contributed by atoms with Crippen LogP contribution < -0.4 is 15.5 Å². The number of rotatable bonds is 6. The molecule has 2 N–H and O–H groups in total. The molecule has 2 amide bonds. The van der Waals surface area contributed by atoms with Gasteiger partial charge in [0, 0.05) is 35.1 Å². The van der Waals surface area contributed by atoms with Gasteiger partial charge in [-0.3, -0.25) is 9.59 Å². The van der Waals surface area contributed by atoms with Crippen LogP contribution in [0, 0.1) is 13.8 Å². The Morgan fingerprint density at radius 2 is 1.76 bits per heavy atom. The van der Waals surface area contributed by atoms with Crippen molar-refractivity contribution >= 4 is 23.2 Å². The third kappa shape index (κ3) is 5.20. The zero-order valence-corrected chi connectivity index (χ0v) is 20.2. The molecular formula is C29H33N3O2. The van der Waals surface area contributed by atoms with Crippen LogP contribution in [0.4, 0.5) is 11.4 Å². The molecule has 5 heteroatoms. The van der Waals surface area contributed by atoms with Crippen molar-refractivity contribution in [3.63, 3.8) is 0 Å². The lowest BCUT2D eigenvalue weighted by Crippen LogP contribution is -2.32. The Hall–Kier alpha value is -3.44. The van der Waals surface area contributed by atoms with E-state index in [4.69, 9.17) is 0 Å². The highest BCUT2D eigenvalue weighted by Crippen LogP contribution is 2.34. The molecule has 1 atom stereocenters. The minimum absolute atomic E-state index is 0.0157. The van der Waals surface area contributed by atoms with E-state index in [0.717, 1.165) is 37.1 Å². The molecule has 3 aromatic carbocycles. The fourth-order valence-corrected chi connectivity index (χ4v) is 4.55. The van der Waals surface area contributed by atoms with Crippen LogP contribution in [-0.4, -0.2) is 24.9 Å². The van der Waals surface area contributed by atoms with Gasteiger partial charge in [0.05, 0.1) is 0 Å². The lowest BCUT2D eigenvalue weighted by molar-refractivity contribution is 0.0985. The van der Waals surface area contributed by atoms with Gasteiger partial charge in [-0.1, -0.05) is 42.8 Å². The number of fused-ring (bicyclic) bond motifs is 1. The van der Waals surface area contributed by atoms with Gasteiger partial charge >= 0.3 is 0 Å². The molecule has 0 bridgehead atoms. The average molecular weight is 456 g/mol. The molecule has 1 heterocycles. The molecule has 4 rings (SSSR count). The standard InChI is InChI=1S/C29H33N3O2/c1-4-17-30-26-10-7-18-32(27-16-11-20(2)19-25(26)27)29(34)22-12-14-23(15-13-22)31-28(33)24-9-6-5-8-21(24)3/h5-6,8-9,11-16,19,26,30H,4,7,10,17-18H2,1-3H3,(H,31,33). The van der Waals surface area contributed by atoms with Gasteiger partial charge in [-0.05, 0) is 87.2 Å². The number of carbonyl (C=O) groups excluding carboxylic acids is 2. The Morgan fingerprint density at radius 3 is 2.50 bits per heavy atom. The topological polar surface area (TPSA) is 61.4 Å². The first-order valence-corrected chi connectivity index (χ1v) is 12.1. The molecule has 0 radical (unpaired) electrons. The number of nitrogens with zero attached hydrogens (tertiary/aromatic N) is 1. The summed E-state index contributed by atoms with van der Waals surface area (Å²) in [6, 6.07) is 21.3. The molecule has 0 aromatic heterocycles. The monoisotopic (exact) mass is 455 g/mol. The molecule has 3 aromatic rings. The smallest absolute Gasteiger partial charge is 0.258 e. The number of nitrogens with one attached hydrogen (secondary N) is 2. The van der Waals surface area contributed by atoms with E-state index in [1.807, 2.05) is 36.1 Å². The molecule has 0 fully saturated rings. The number of anilines is 2. The van der Waals surface area contributed by atoms with Gasteiger partial charge in [-0.2, -0.15) is 0 Å². The van der Waals surface area contributed by atoms with Gasteiger partial charge in [0.15, 0.2) is 0 Å². The van der Waals surface area contributed by atoms with Crippen LogP contribution in [-0.2, 0) is 0 Å². The number of amides is 2. The van der Waals surface area contributed by atoms with E-state index >= 15 is 0 Å². The van der Waals surface area contributed by atoms with E-state index in [0.29, 0.717) is 23.4 Å². The van der Waals surface area contributed by atoms with Crippen molar-refractivity contribution in [2.45, 2.75) is 46.1 Å². The van der Waals surface area contributed by atoms with E-state index in [-0.39, 0.29) is 17.9 Å². The molecule has 0 saturated carbocycles. The Bertz CT molecular complexity index is 1170. The second kappa shape index (κ2) is 10.7. The highest BCUT2D eigenvalue weighted by Gasteiger charge is 2.27. The number of hydrogen-bond acceptors (Lipinski definition) is 3. The minimum Gasteiger partial charge on any atom is -0.322 e. The maximum Gasteiger partial charge on any atom is 0.258 e. The minimum atomic E-state index is -0.153. The summed E-state index contributed by atoms with van der Waals surface area (Å²) in [6.07, 6.45) is 3.02. The summed E-state index contributed by atoms with van der Waals surface area (Å²) in [7, 11) is 0. The first-order valence-electron chi connectivity index (χ1n) is 12.1. The molecular weight excluding hydrogens is 422 g/mol. The van der Waals surface area contributed by atoms with Crippen LogP contribution in [0.5, 0.6) is 0 Å². The molecule has 1 unspecified atom stereocenters. The van der Waals surface area contributed by atoms with Crippen LogP contribution in [0.2, 0.25) is 0 Å². The summed E-state index contributed by atoms with van der Waals surface area (Å²) < 4.78 is 0. The largest absolute Gasteiger partial charge is 0.322 e. The number of aryl methyl sites for hydroxylation is 2. The van der Waals surface area contributed by atoms with Gasteiger partial charge in [-0.25, -0.2) is 0 Å². The van der Waals surface area contributed by atoms with Crippen molar-refractivity contribution in [1.82, 2.24) is 5.32 Å². The van der Waals surface area contributed by atoms with E-state index in [2.05, 4.69) is 42.7 Å². The van der Waals surface area contributed by atoms with E-state index in [1.54, 1.807) is 24.3 Å². The zero-order valence-electron chi connectivity index (χ0n) is 20.2. The van der Waals surface area contributed by atoms with Crippen LogP contribution in [0.3, 0.4) is 0 Å². The number of carbonyl (C=O) groups is 2. The first-order chi connectivity index (χ1) is 16.5. The molecule has 176 valence electrons. The second-order valence-electron chi connectivity index (χ2n) is 9.01. The van der Waals surface area contributed by atoms with Crippen LogP contribution in [0.1, 0.15) is 69.6 Å². The summed E-state index contributed by atoms with van der Waals surface area (Å²) in [5.74, 6) is -0.169. The number of hydrogen-bond donors (Lipinski definition) is 2. The summed E-state index contributed by atoms with van der Waals surface area (Å²) in [4.78, 5) is 28.1. The summed E-state index contributed by atoms with van der Waals surface area (Å²) in [5.41, 5.74) is 6.23. The number of benzene rings is 3. The zero-order chi connectivity index (χ0) is 24.1. The predicted molar refractivity (Wildman–Crippen MR) is 139 cm³/mol. The molecule has 0 spiro atoms. The maximum absolute atomic E-state index is 13.5. The highest BCUT2D eigenvalue weighted by atomic mass is 16.2. The van der Waals surface area contributed by atoms with Gasteiger partial charge in [0.2, 0.25) is 0 Å². The Balaban J connectivity index is 1.54. The van der Waals surface area contributed by atoms with E-state index in [9.17, 15) is 9.59 Å². The van der Waals surface area contributed by atoms with Gasteiger partial charge in [0.1, 0.15) is 0 Å². The quantitative estimate of drug-likeness (QED) is 0.477. The van der Waals surface area contributed by atoms with Crippen molar-refractivity contribution in [3.8, 4) is 0 Å². The molecule has 1 aliphatic rings. The first kappa shape index (κ1) is 23.7. The van der Waals surface area contributed by atoms with Crippen molar-refractivity contribution in [1.29, 1.82) is 0 Å². The lowest BCUT2D eigenvalue weighted by Gasteiger charge is -2.25. The molecule has 1 aliphatic heterocycles. The van der Waals surface area contributed by atoms with Crippen LogP contribution >= 0.6 is 0 Å². The third-order valence-corrected chi connectivity index (χ3v) is 6.39. The third-order valence-electron chi connectivity index (χ3n) is 6.39. The normalized spacial score (nSPS) is 15.4. The van der Waals surface area contributed by atoms with Gasteiger partial charge < -0.3 is 15.5 Å². The van der Waals surface area contributed by atoms with E-state index < -0.39 is 0 Å². The van der Waals surface area contributed by atoms with Crippen LogP contribution in [0.15, 0.2) is 66.7 Å². The average Bonchev–Trinajstić information content (AvgIpc) is 3.02.